The van der Waals surface area contributed by atoms with Crippen molar-refractivity contribution in [1.29, 1.82) is 0 Å². The molecule has 138 valence electrons. The Morgan fingerprint density at radius 2 is 1.38 bits per heavy atom. The van der Waals surface area contributed by atoms with Crippen molar-refractivity contribution >= 4 is 10.1 Å². The van der Waals surface area contributed by atoms with Crippen molar-refractivity contribution in [3.8, 4) is 0 Å². The van der Waals surface area contributed by atoms with Gasteiger partial charge in [-0.05, 0) is 48.3 Å². The monoisotopic (exact) mass is 356 g/mol. The number of hydrogen-bond donors (Lipinski definition) is 1. The lowest BCUT2D eigenvalue weighted by Crippen LogP contribution is -2.28. The Morgan fingerprint density at radius 3 is 1.67 bits per heavy atom. The van der Waals surface area contributed by atoms with Crippen LogP contribution in [0.15, 0.2) is 17.0 Å². The van der Waals surface area contributed by atoms with Crippen LogP contribution in [0.2, 0.25) is 0 Å². The largest absolute Gasteiger partial charge is 0.388 e. The van der Waals surface area contributed by atoms with Crippen LogP contribution in [-0.2, 0) is 14.3 Å². The average molecular weight is 357 g/mol. The zero-order chi connectivity index (χ0) is 18.9. The van der Waals surface area contributed by atoms with E-state index in [0.717, 1.165) is 16.7 Å². The first-order valence-corrected chi connectivity index (χ1v) is 9.96. The second-order valence-electron chi connectivity index (χ2n) is 8.02. The van der Waals surface area contributed by atoms with E-state index in [9.17, 15) is 13.5 Å². The third-order valence-electron chi connectivity index (χ3n) is 3.90. The summed E-state index contributed by atoms with van der Waals surface area (Å²) in [6.45, 7) is 14.9. The topological polar surface area (TPSA) is 63.6 Å². The fourth-order valence-corrected chi connectivity index (χ4v) is 4.19. The maximum atomic E-state index is 12.9. The minimum absolute atomic E-state index is 0.0525. The molecular weight excluding hydrogens is 324 g/mol. The van der Waals surface area contributed by atoms with Gasteiger partial charge in [-0.3, -0.25) is 4.18 Å². The van der Waals surface area contributed by atoms with Crippen LogP contribution in [0.4, 0.5) is 0 Å². The quantitative estimate of drug-likeness (QED) is 0.729. The van der Waals surface area contributed by atoms with Gasteiger partial charge in [0.05, 0.1) is 12.2 Å². The molecule has 0 bridgehead atoms. The van der Waals surface area contributed by atoms with Gasteiger partial charge in [-0.15, -0.1) is 0 Å². The van der Waals surface area contributed by atoms with Crippen LogP contribution < -0.4 is 0 Å². The Balaban J connectivity index is 3.59. The Kier molecular flexibility index (Phi) is 6.64. The molecule has 1 aromatic rings. The summed E-state index contributed by atoms with van der Waals surface area (Å²) in [7, 11) is -3.95. The molecule has 0 amide bonds. The molecule has 1 rings (SSSR count). The molecule has 0 aromatic heterocycles. The fraction of sp³-hybridized carbons (Fsp3) is 0.684. The van der Waals surface area contributed by atoms with Gasteiger partial charge in [0.25, 0.3) is 10.1 Å². The lowest BCUT2D eigenvalue weighted by Gasteiger charge is -2.23. The Hall–Kier alpha value is -0.910. The highest BCUT2D eigenvalue weighted by molar-refractivity contribution is 7.86. The van der Waals surface area contributed by atoms with Crippen molar-refractivity contribution in [2.24, 2.45) is 0 Å². The van der Waals surface area contributed by atoms with Crippen molar-refractivity contribution in [3.63, 3.8) is 0 Å². The van der Waals surface area contributed by atoms with Gasteiger partial charge in [0, 0.05) is 0 Å². The molecule has 4 nitrogen and oxygen atoms in total. The summed E-state index contributed by atoms with van der Waals surface area (Å²) in [5.74, 6) is 0.419. The van der Waals surface area contributed by atoms with Gasteiger partial charge < -0.3 is 5.11 Å². The lowest BCUT2D eigenvalue weighted by molar-refractivity contribution is 0.0307. The molecule has 1 aromatic carbocycles. The highest BCUT2D eigenvalue weighted by Gasteiger charge is 2.29. The van der Waals surface area contributed by atoms with Crippen molar-refractivity contribution in [2.45, 2.75) is 83.6 Å². The van der Waals surface area contributed by atoms with E-state index >= 15 is 0 Å². The normalized spacial score (nSPS) is 13.3. The van der Waals surface area contributed by atoms with Gasteiger partial charge in [0.2, 0.25) is 0 Å². The maximum absolute atomic E-state index is 12.9. The SMILES string of the molecule is CC(C)c1cc(C(C)C)c(S(=O)(=O)OCC(C)(C)O)c(C(C)C)c1. The second kappa shape index (κ2) is 7.54. The molecule has 1 N–H and O–H groups in total. The van der Waals surface area contributed by atoms with Gasteiger partial charge in [0.1, 0.15) is 4.90 Å². The van der Waals surface area contributed by atoms with Crippen molar-refractivity contribution in [2.75, 3.05) is 6.61 Å². The van der Waals surface area contributed by atoms with Gasteiger partial charge in [-0.25, -0.2) is 0 Å². The summed E-state index contributed by atoms with van der Waals surface area (Å²) in [5, 5.41) is 9.81. The third kappa shape index (κ3) is 5.30. The fourth-order valence-electron chi connectivity index (χ4n) is 2.46. The van der Waals surface area contributed by atoms with Crippen molar-refractivity contribution in [1.82, 2.24) is 0 Å². The summed E-state index contributed by atoms with van der Waals surface area (Å²) in [5.41, 5.74) is 1.48. The predicted octanol–water partition coefficient (Wildman–Crippen LogP) is 4.53. The first-order chi connectivity index (χ1) is 10.8. The zero-order valence-electron chi connectivity index (χ0n) is 16.2. The molecule has 0 saturated heterocycles. The molecule has 0 heterocycles. The smallest absolute Gasteiger partial charge is 0.297 e. The molecule has 0 spiro atoms. The third-order valence-corrected chi connectivity index (χ3v) is 5.30. The van der Waals surface area contributed by atoms with E-state index in [1.165, 1.54) is 13.8 Å². The van der Waals surface area contributed by atoms with Crippen LogP contribution in [0.5, 0.6) is 0 Å². The second-order valence-corrected chi connectivity index (χ2v) is 9.57. The molecular formula is C19H32O4S. The summed E-state index contributed by atoms with van der Waals surface area (Å²) >= 11 is 0. The minimum atomic E-state index is -3.95. The maximum Gasteiger partial charge on any atom is 0.297 e. The van der Waals surface area contributed by atoms with E-state index in [2.05, 4.69) is 13.8 Å². The van der Waals surface area contributed by atoms with Crippen LogP contribution >= 0.6 is 0 Å². The first kappa shape index (κ1) is 21.1. The number of aliphatic hydroxyl groups is 1. The van der Waals surface area contributed by atoms with Crippen molar-refractivity contribution in [3.05, 3.63) is 28.8 Å². The molecule has 0 radical (unpaired) electrons. The minimum Gasteiger partial charge on any atom is -0.388 e. The summed E-state index contributed by atoms with van der Waals surface area (Å²) in [4.78, 5) is 0.265. The summed E-state index contributed by atoms with van der Waals surface area (Å²) in [6, 6.07) is 3.95. The number of hydrogen-bond acceptors (Lipinski definition) is 4. The van der Waals surface area contributed by atoms with E-state index in [-0.39, 0.29) is 23.3 Å². The highest BCUT2D eigenvalue weighted by Crippen LogP contribution is 2.36. The van der Waals surface area contributed by atoms with Gasteiger partial charge in [-0.2, -0.15) is 8.42 Å². The number of rotatable bonds is 7. The molecule has 0 aliphatic heterocycles. The Bertz CT molecular complexity index is 636. The molecule has 0 saturated carbocycles. The first-order valence-electron chi connectivity index (χ1n) is 8.55. The lowest BCUT2D eigenvalue weighted by atomic mass is 9.89. The molecule has 0 aliphatic rings. The van der Waals surface area contributed by atoms with Gasteiger partial charge in [-0.1, -0.05) is 53.7 Å². The molecule has 5 heteroatoms. The zero-order valence-corrected chi connectivity index (χ0v) is 17.0. The van der Waals surface area contributed by atoms with Crippen LogP contribution in [0.25, 0.3) is 0 Å². The van der Waals surface area contributed by atoms with E-state index in [0.29, 0.717) is 5.92 Å². The van der Waals surface area contributed by atoms with Gasteiger partial charge >= 0.3 is 0 Å². The Labute approximate surface area is 147 Å². The number of benzene rings is 1. The van der Waals surface area contributed by atoms with E-state index in [1.807, 2.05) is 39.8 Å². The van der Waals surface area contributed by atoms with E-state index < -0.39 is 15.7 Å². The molecule has 0 unspecified atom stereocenters. The van der Waals surface area contributed by atoms with E-state index in [1.54, 1.807) is 0 Å². The molecule has 0 atom stereocenters. The average Bonchev–Trinajstić information content (AvgIpc) is 2.42. The van der Waals surface area contributed by atoms with Crippen LogP contribution in [-0.4, -0.2) is 25.7 Å². The van der Waals surface area contributed by atoms with Crippen molar-refractivity contribution < 1.29 is 17.7 Å². The summed E-state index contributed by atoms with van der Waals surface area (Å²) < 4.78 is 30.9. The highest BCUT2D eigenvalue weighted by atomic mass is 32.2. The standard InChI is InChI=1S/C19H32O4S/c1-12(2)15-9-16(13(3)4)18(17(10-15)14(5)6)24(21,22)23-11-19(7,8)20/h9-10,12-14,20H,11H2,1-8H3. The molecule has 0 fully saturated rings. The van der Waals surface area contributed by atoms with Gasteiger partial charge in [0.15, 0.2) is 0 Å². The predicted molar refractivity (Wildman–Crippen MR) is 98.1 cm³/mol. The summed E-state index contributed by atoms with van der Waals surface area (Å²) in [6.07, 6.45) is 0. The Morgan fingerprint density at radius 1 is 0.958 bits per heavy atom. The molecule has 0 aliphatic carbocycles. The van der Waals surface area contributed by atoms with Crippen LogP contribution in [0, 0.1) is 0 Å². The van der Waals surface area contributed by atoms with Crippen LogP contribution in [0.1, 0.15) is 89.8 Å². The van der Waals surface area contributed by atoms with Crippen LogP contribution in [0.3, 0.4) is 0 Å². The van der Waals surface area contributed by atoms with E-state index in [4.69, 9.17) is 4.18 Å². The molecule has 24 heavy (non-hydrogen) atoms.